The minimum Gasteiger partial charge on any atom is -0.543 e. The molecule has 0 spiro atoms. The summed E-state index contributed by atoms with van der Waals surface area (Å²) in [7, 11) is 1.25. The number of nitrogens with one attached hydrogen (secondary N) is 1. The van der Waals surface area contributed by atoms with E-state index in [-0.39, 0.29) is 22.4 Å². The first-order valence-corrected chi connectivity index (χ1v) is 15.9. The van der Waals surface area contributed by atoms with Gasteiger partial charge < -0.3 is 25.8 Å². The summed E-state index contributed by atoms with van der Waals surface area (Å²) in [4.78, 5) is 53.2. The summed E-state index contributed by atoms with van der Waals surface area (Å²) in [6.45, 7) is 0.632. The van der Waals surface area contributed by atoms with Crippen molar-refractivity contribution in [1.82, 2.24) is 24.6 Å². The summed E-state index contributed by atoms with van der Waals surface area (Å²) in [5, 5.41) is 19.9. The molecule has 6 rings (SSSR count). The molecule has 3 aliphatic rings. The molecule has 1 fully saturated rings. The molecule has 3 N–H and O–H groups in total. The second-order valence-electron chi connectivity index (χ2n) is 9.17. The molecular formula is C24H22N8O5S4. The van der Waals surface area contributed by atoms with Crippen molar-refractivity contribution in [2.45, 2.75) is 41.6 Å². The van der Waals surface area contributed by atoms with E-state index in [1.54, 1.807) is 0 Å². The lowest BCUT2D eigenvalue weighted by Crippen LogP contribution is -2.71. The van der Waals surface area contributed by atoms with Crippen molar-refractivity contribution < 1.29 is 28.9 Å². The van der Waals surface area contributed by atoms with Gasteiger partial charge in [0.05, 0.1) is 11.7 Å². The SMILES string of the molecule is CO/N=C(\C(=O)N[C@@H]1C(=O)N2C(C(=O)[O-])=C(Sc3nc(C[n+]4cccc5c4CCC5)cs3)CS[C@H]12)c1nsc(N)n1. The Morgan fingerprint density at radius 2 is 2.22 bits per heavy atom. The van der Waals surface area contributed by atoms with E-state index in [1.807, 2.05) is 5.38 Å². The average molecular weight is 631 g/mol. The minimum absolute atomic E-state index is 0.0429. The first-order chi connectivity index (χ1) is 19.8. The number of nitrogens with two attached hydrogens (primary N) is 1. The highest BCUT2D eigenvalue weighted by Gasteiger charge is 2.53. The summed E-state index contributed by atoms with van der Waals surface area (Å²) < 4.78 is 6.86. The van der Waals surface area contributed by atoms with E-state index < -0.39 is 29.2 Å². The van der Waals surface area contributed by atoms with Crippen LogP contribution in [0.15, 0.2) is 43.8 Å². The molecule has 5 heterocycles. The van der Waals surface area contributed by atoms with E-state index in [0.717, 1.165) is 41.4 Å². The van der Waals surface area contributed by atoms with Crippen molar-refractivity contribution in [1.29, 1.82) is 0 Å². The third-order valence-corrected chi connectivity index (χ3v) is 10.8. The molecule has 0 bridgehead atoms. The van der Waals surface area contributed by atoms with Crippen LogP contribution in [0.4, 0.5) is 5.13 Å². The topological polar surface area (TPSA) is 180 Å². The fourth-order valence-corrected chi connectivity index (χ4v) is 8.82. The van der Waals surface area contributed by atoms with Gasteiger partial charge in [0, 0.05) is 45.6 Å². The zero-order chi connectivity index (χ0) is 28.7. The fourth-order valence-electron chi connectivity index (χ4n) is 4.92. The summed E-state index contributed by atoms with van der Waals surface area (Å²) in [5.41, 5.74) is 8.73. The van der Waals surface area contributed by atoms with Crippen LogP contribution in [0.3, 0.4) is 0 Å². The maximum Gasteiger partial charge on any atom is 0.278 e. The Morgan fingerprint density at radius 3 is 2.98 bits per heavy atom. The zero-order valence-corrected chi connectivity index (χ0v) is 24.7. The molecule has 3 aromatic heterocycles. The van der Waals surface area contributed by atoms with Crippen LogP contribution in [0.1, 0.15) is 29.2 Å². The number of aromatic nitrogens is 4. The summed E-state index contributed by atoms with van der Waals surface area (Å²) in [5.74, 6) is -2.54. The van der Waals surface area contributed by atoms with Crippen molar-refractivity contribution in [2.24, 2.45) is 5.16 Å². The number of nitrogen functional groups attached to an aromatic ring is 1. The van der Waals surface area contributed by atoms with Crippen molar-refractivity contribution in [3.05, 3.63) is 57.1 Å². The molecule has 0 radical (unpaired) electrons. The van der Waals surface area contributed by atoms with Crippen LogP contribution in [-0.2, 0) is 38.6 Å². The minimum atomic E-state index is -1.47. The van der Waals surface area contributed by atoms with Crippen molar-refractivity contribution in [2.75, 3.05) is 18.6 Å². The fraction of sp³-hybridized carbons (Fsp3) is 0.333. The van der Waals surface area contributed by atoms with Gasteiger partial charge in [-0.15, -0.1) is 23.1 Å². The van der Waals surface area contributed by atoms with Crippen LogP contribution in [0.25, 0.3) is 0 Å². The molecule has 2 atom stereocenters. The maximum atomic E-state index is 13.1. The number of carbonyl (C=O) groups excluding carboxylic acids is 3. The number of fused-ring (bicyclic) bond motifs is 2. The lowest BCUT2D eigenvalue weighted by Gasteiger charge is -2.50. The van der Waals surface area contributed by atoms with Crippen molar-refractivity contribution >= 4 is 75.0 Å². The van der Waals surface area contributed by atoms with Gasteiger partial charge in [-0.05, 0) is 18.9 Å². The van der Waals surface area contributed by atoms with Gasteiger partial charge in [0.1, 0.15) is 24.2 Å². The van der Waals surface area contributed by atoms with E-state index in [2.05, 4.69) is 42.7 Å². The molecule has 2 aliphatic heterocycles. The van der Waals surface area contributed by atoms with Gasteiger partial charge in [0.2, 0.25) is 11.5 Å². The number of hydrogen-bond acceptors (Lipinski definition) is 14. The van der Waals surface area contributed by atoms with Gasteiger partial charge in [-0.2, -0.15) is 13.9 Å². The molecular weight excluding hydrogens is 609 g/mol. The number of aliphatic carboxylic acids is 1. The number of thioether (sulfide) groups is 2. The molecule has 0 aromatic carbocycles. The predicted molar refractivity (Wildman–Crippen MR) is 151 cm³/mol. The summed E-state index contributed by atoms with van der Waals surface area (Å²) in [6.07, 6.45) is 5.34. The van der Waals surface area contributed by atoms with E-state index >= 15 is 0 Å². The molecule has 2 amide bonds. The van der Waals surface area contributed by atoms with Gasteiger partial charge in [-0.3, -0.25) is 14.5 Å². The van der Waals surface area contributed by atoms with Gasteiger partial charge in [0.15, 0.2) is 27.9 Å². The Balaban J connectivity index is 1.16. The predicted octanol–water partition coefficient (Wildman–Crippen LogP) is -0.0945. The zero-order valence-electron chi connectivity index (χ0n) is 21.4. The van der Waals surface area contributed by atoms with Crippen LogP contribution >= 0.6 is 46.4 Å². The van der Waals surface area contributed by atoms with Crippen molar-refractivity contribution in [3.63, 3.8) is 0 Å². The molecule has 1 saturated heterocycles. The molecule has 0 saturated carbocycles. The van der Waals surface area contributed by atoms with Crippen LogP contribution in [0.2, 0.25) is 0 Å². The average Bonchev–Trinajstić information content (AvgIpc) is 3.71. The Hall–Kier alpha value is -3.54. The number of oxime groups is 1. The van der Waals surface area contributed by atoms with E-state index in [0.29, 0.717) is 21.5 Å². The Morgan fingerprint density at radius 1 is 1.37 bits per heavy atom. The normalized spacial score (nSPS) is 20.0. The van der Waals surface area contributed by atoms with Gasteiger partial charge in [0.25, 0.3) is 11.8 Å². The number of hydrogen-bond donors (Lipinski definition) is 2. The number of β-lactam (4-membered cyclic amide) rings is 1. The lowest BCUT2D eigenvalue weighted by molar-refractivity contribution is -0.695. The number of amides is 2. The summed E-state index contributed by atoms with van der Waals surface area (Å²) in [6, 6.07) is 3.23. The lowest BCUT2D eigenvalue weighted by atomic mass is 10.0. The number of nitrogens with zero attached hydrogens (tertiary/aromatic N) is 6. The van der Waals surface area contributed by atoms with Gasteiger partial charge in [-0.25, -0.2) is 4.98 Å². The number of carboxylic acid groups (broad SMARTS) is 1. The Kier molecular flexibility index (Phi) is 7.67. The van der Waals surface area contributed by atoms with Crippen LogP contribution in [0, 0.1) is 0 Å². The van der Waals surface area contributed by atoms with E-state index in [1.165, 1.54) is 53.2 Å². The molecule has 1 aliphatic carbocycles. The number of thiazole rings is 1. The quantitative estimate of drug-likeness (QED) is 0.140. The highest BCUT2D eigenvalue weighted by atomic mass is 32.2. The van der Waals surface area contributed by atoms with Crippen LogP contribution in [0.5, 0.6) is 0 Å². The third kappa shape index (κ3) is 5.29. The van der Waals surface area contributed by atoms with Gasteiger partial charge in [-0.1, -0.05) is 16.9 Å². The maximum absolute atomic E-state index is 13.1. The monoisotopic (exact) mass is 630 g/mol. The van der Waals surface area contributed by atoms with Crippen LogP contribution in [-0.4, -0.2) is 67.0 Å². The standard InChI is InChI=1S/C24H22N8O5S4/c1-37-29-15(18-28-23(25)41-30-18)19(33)27-16-20(34)32-17(22(35)36)14(10-38-21(16)32)40-24-26-12(9-39-24)8-31-7-3-5-11-4-2-6-13(11)31/h3,5,7,9,16,21H,2,4,6,8,10H2,1H3,(H3-,25,27,28,30,33,35,36)/b29-15-/t16-,21-/m1/s1. The van der Waals surface area contributed by atoms with Crippen LogP contribution < -0.4 is 20.7 Å². The number of rotatable bonds is 9. The largest absolute Gasteiger partial charge is 0.543 e. The first kappa shape index (κ1) is 27.6. The Bertz CT molecular complexity index is 1620. The molecule has 3 aromatic rings. The highest BCUT2D eigenvalue weighted by molar-refractivity contribution is 8.07. The Labute approximate surface area is 250 Å². The number of carboxylic acids is 1. The van der Waals surface area contributed by atoms with Gasteiger partial charge >= 0.3 is 0 Å². The molecule has 0 unspecified atom stereocenters. The van der Waals surface area contributed by atoms with E-state index in [4.69, 9.17) is 15.6 Å². The number of carbonyl (C=O) groups is 3. The highest BCUT2D eigenvalue weighted by Crippen LogP contribution is 2.45. The molecule has 41 heavy (non-hydrogen) atoms. The molecule has 13 nitrogen and oxygen atoms in total. The molecule has 17 heteroatoms. The number of pyridine rings is 1. The smallest absolute Gasteiger partial charge is 0.278 e. The second kappa shape index (κ2) is 11.4. The number of anilines is 1. The second-order valence-corrected chi connectivity index (χ2v) is 13.3. The van der Waals surface area contributed by atoms with Crippen molar-refractivity contribution in [3.8, 4) is 0 Å². The third-order valence-electron chi connectivity index (χ3n) is 6.68. The number of aryl methyl sites for hydroxylation is 1. The molecule has 212 valence electrons. The first-order valence-electron chi connectivity index (χ1n) is 12.4. The van der Waals surface area contributed by atoms with E-state index in [9.17, 15) is 19.5 Å². The summed E-state index contributed by atoms with van der Waals surface area (Å²) >= 11 is 4.86.